The third kappa shape index (κ3) is 2.36. The van der Waals surface area contributed by atoms with Gasteiger partial charge in [0.1, 0.15) is 11.6 Å². The van der Waals surface area contributed by atoms with E-state index in [1.54, 1.807) is 18.3 Å². The van der Waals surface area contributed by atoms with E-state index in [1.165, 1.54) is 0 Å². The monoisotopic (exact) mass is 265 g/mol. The van der Waals surface area contributed by atoms with Crippen molar-refractivity contribution in [2.75, 3.05) is 12.4 Å². The zero-order valence-corrected chi connectivity index (χ0v) is 11.1. The average molecular weight is 265 g/mol. The first-order chi connectivity index (χ1) is 9.76. The quantitative estimate of drug-likeness (QED) is 0.679. The van der Waals surface area contributed by atoms with Crippen LogP contribution in [0.2, 0.25) is 0 Å². The number of aromatic amines is 1. The fourth-order valence-electron chi connectivity index (χ4n) is 2.08. The molecular formula is C16H15N3O. The highest BCUT2D eigenvalue weighted by atomic mass is 16.3. The zero-order valence-electron chi connectivity index (χ0n) is 11.1. The maximum atomic E-state index is 9.51. The number of anilines is 1. The van der Waals surface area contributed by atoms with E-state index in [0.717, 1.165) is 28.3 Å². The van der Waals surface area contributed by atoms with Crippen LogP contribution in [0.15, 0.2) is 54.7 Å². The number of phenolic OH excluding ortho intramolecular Hbond substituents is 1. The number of hydrogen-bond acceptors (Lipinski definition) is 3. The van der Waals surface area contributed by atoms with Crippen LogP contribution in [-0.2, 0) is 0 Å². The van der Waals surface area contributed by atoms with Gasteiger partial charge >= 0.3 is 0 Å². The molecule has 20 heavy (non-hydrogen) atoms. The zero-order chi connectivity index (χ0) is 13.9. The summed E-state index contributed by atoms with van der Waals surface area (Å²) in [5.41, 5.74) is 3.88. The third-order valence-electron chi connectivity index (χ3n) is 3.18. The van der Waals surface area contributed by atoms with Crippen LogP contribution in [-0.4, -0.2) is 22.1 Å². The Morgan fingerprint density at radius 3 is 2.55 bits per heavy atom. The van der Waals surface area contributed by atoms with Crippen molar-refractivity contribution in [1.82, 2.24) is 9.97 Å². The second kappa shape index (κ2) is 5.09. The highest BCUT2D eigenvalue weighted by Crippen LogP contribution is 2.25. The topological polar surface area (TPSA) is 60.9 Å². The van der Waals surface area contributed by atoms with E-state index < -0.39 is 0 Å². The summed E-state index contributed by atoms with van der Waals surface area (Å²) in [5, 5.41) is 12.6. The standard InChI is InChI=1S/C16H15N3O/c1-17-13-7-5-11(6-8-13)16-18-10-15(19-16)12-3-2-4-14(20)9-12/h2-10,17,20H,1H3,(H,18,19). The number of hydrogen-bond donors (Lipinski definition) is 3. The molecule has 4 heteroatoms. The molecule has 0 saturated carbocycles. The molecule has 100 valence electrons. The summed E-state index contributed by atoms with van der Waals surface area (Å²) < 4.78 is 0. The second-order valence-electron chi connectivity index (χ2n) is 4.52. The molecule has 0 aliphatic heterocycles. The lowest BCUT2D eigenvalue weighted by molar-refractivity contribution is 0.475. The summed E-state index contributed by atoms with van der Waals surface area (Å²) in [6.45, 7) is 0. The number of aromatic nitrogens is 2. The number of nitrogens with one attached hydrogen (secondary N) is 2. The van der Waals surface area contributed by atoms with Gasteiger partial charge in [-0.1, -0.05) is 12.1 Å². The van der Waals surface area contributed by atoms with Gasteiger partial charge in [0, 0.05) is 23.9 Å². The average Bonchev–Trinajstić information content (AvgIpc) is 2.97. The first kappa shape index (κ1) is 12.3. The molecule has 0 radical (unpaired) electrons. The maximum absolute atomic E-state index is 9.51. The van der Waals surface area contributed by atoms with Gasteiger partial charge in [0.15, 0.2) is 0 Å². The first-order valence-corrected chi connectivity index (χ1v) is 6.39. The Bertz CT molecular complexity index is 717. The minimum atomic E-state index is 0.247. The van der Waals surface area contributed by atoms with Crippen LogP contribution in [0, 0.1) is 0 Å². The van der Waals surface area contributed by atoms with E-state index in [0.29, 0.717) is 0 Å². The molecule has 0 unspecified atom stereocenters. The third-order valence-corrected chi connectivity index (χ3v) is 3.18. The van der Waals surface area contributed by atoms with Gasteiger partial charge in [-0.25, -0.2) is 4.98 Å². The first-order valence-electron chi connectivity index (χ1n) is 6.39. The predicted molar refractivity (Wildman–Crippen MR) is 80.7 cm³/mol. The normalized spacial score (nSPS) is 10.4. The summed E-state index contributed by atoms with van der Waals surface area (Å²) in [5.74, 6) is 1.06. The largest absolute Gasteiger partial charge is 0.508 e. The molecule has 0 saturated heterocycles. The van der Waals surface area contributed by atoms with Crippen LogP contribution in [0.1, 0.15) is 0 Å². The molecule has 2 aromatic carbocycles. The van der Waals surface area contributed by atoms with Crippen molar-refractivity contribution in [2.24, 2.45) is 0 Å². The van der Waals surface area contributed by atoms with Crippen LogP contribution >= 0.6 is 0 Å². The lowest BCUT2D eigenvalue weighted by atomic mass is 10.1. The maximum Gasteiger partial charge on any atom is 0.137 e. The van der Waals surface area contributed by atoms with Crippen molar-refractivity contribution in [3.63, 3.8) is 0 Å². The Kier molecular flexibility index (Phi) is 3.13. The SMILES string of the molecule is CNc1ccc(-c2ncc(-c3cccc(O)c3)[nH]2)cc1. The van der Waals surface area contributed by atoms with Crippen molar-refractivity contribution in [3.8, 4) is 28.4 Å². The smallest absolute Gasteiger partial charge is 0.137 e. The summed E-state index contributed by atoms with van der Waals surface area (Å²) in [6, 6.07) is 15.1. The highest BCUT2D eigenvalue weighted by Gasteiger charge is 2.06. The van der Waals surface area contributed by atoms with Crippen LogP contribution in [0.5, 0.6) is 5.75 Å². The molecule has 0 fully saturated rings. The van der Waals surface area contributed by atoms with Gasteiger partial charge in [-0.05, 0) is 36.4 Å². The van der Waals surface area contributed by atoms with Gasteiger partial charge < -0.3 is 15.4 Å². The predicted octanol–water partition coefficient (Wildman–Crippen LogP) is 3.49. The number of imidazole rings is 1. The lowest BCUT2D eigenvalue weighted by Gasteiger charge is -2.01. The van der Waals surface area contributed by atoms with Crippen LogP contribution in [0.4, 0.5) is 5.69 Å². The Labute approximate surface area is 117 Å². The van der Waals surface area contributed by atoms with Gasteiger partial charge in [0.25, 0.3) is 0 Å². The molecule has 3 rings (SSSR count). The van der Waals surface area contributed by atoms with Crippen molar-refractivity contribution in [2.45, 2.75) is 0 Å². The molecule has 1 heterocycles. The van der Waals surface area contributed by atoms with Crippen LogP contribution < -0.4 is 5.32 Å². The molecule has 0 spiro atoms. The summed E-state index contributed by atoms with van der Waals surface area (Å²) in [6.07, 6.45) is 1.77. The van der Waals surface area contributed by atoms with E-state index in [1.807, 2.05) is 43.4 Å². The number of rotatable bonds is 3. The second-order valence-corrected chi connectivity index (χ2v) is 4.52. The fourth-order valence-corrected chi connectivity index (χ4v) is 2.08. The Morgan fingerprint density at radius 1 is 1.05 bits per heavy atom. The summed E-state index contributed by atoms with van der Waals surface area (Å²) in [7, 11) is 1.89. The summed E-state index contributed by atoms with van der Waals surface area (Å²) in [4.78, 5) is 7.66. The minimum absolute atomic E-state index is 0.247. The van der Waals surface area contributed by atoms with E-state index in [-0.39, 0.29) is 5.75 Å². The number of H-pyrrole nitrogens is 1. The fraction of sp³-hybridized carbons (Fsp3) is 0.0625. The lowest BCUT2D eigenvalue weighted by Crippen LogP contribution is -1.87. The van der Waals surface area contributed by atoms with Crippen molar-refractivity contribution >= 4 is 5.69 Å². The Hall–Kier alpha value is -2.75. The molecule has 0 aliphatic carbocycles. The van der Waals surface area contributed by atoms with E-state index in [4.69, 9.17) is 0 Å². The molecule has 4 nitrogen and oxygen atoms in total. The van der Waals surface area contributed by atoms with E-state index in [2.05, 4.69) is 15.3 Å². The molecule has 3 aromatic rings. The van der Waals surface area contributed by atoms with Gasteiger partial charge in [0.2, 0.25) is 0 Å². The number of benzene rings is 2. The molecule has 0 atom stereocenters. The van der Waals surface area contributed by atoms with Gasteiger partial charge in [-0.3, -0.25) is 0 Å². The van der Waals surface area contributed by atoms with Gasteiger partial charge in [-0.15, -0.1) is 0 Å². The molecular weight excluding hydrogens is 250 g/mol. The number of nitrogens with zero attached hydrogens (tertiary/aromatic N) is 1. The minimum Gasteiger partial charge on any atom is -0.508 e. The molecule has 1 aromatic heterocycles. The molecule has 0 amide bonds. The number of aromatic hydroxyl groups is 1. The van der Waals surface area contributed by atoms with Crippen molar-refractivity contribution < 1.29 is 5.11 Å². The van der Waals surface area contributed by atoms with Crippen LogP contribution in [0.3, 0.4) is 0 Å². The highest BCUT2D eigenvalue weighted by molar-refractivity contribution is 5.66. The van der Waals surface area contributed by atoms with Crippen LogP contribution in [0.25, 0.3) is 22.6 Å². The molecule has 0 bridgehead atoms. The Morgan fingerprint density at radius 2 is 1.85 bits per heavy atom. The van der Waals surface area contributed by atoms with Crippen molar-refractivity contribution in [1.29, 1.82) is 0 Å². The number of phenols is 1. The van der Waals surface area contributed by atoms with E-state index >= 15 is 0 Å². The Balaban J connectivity index is 1.93. The van der Waals surface area contributed by atoms with E-state index in [9.17, 15) is 5.11 Å². The summed E-state index contributed by atoms with van der Waals surface area (Å²) >= 11 is 0. The molecule has 0 aliphatic rings. The molecule has 3 N–H and O–H groups in total. The van der Waals surface area contributed by atoms with Crippen molar-refractivity contribution in [3.05, 3.63) is 54.7 Å². The van der Waals surface area contributed by atoms with Gasteiger partial charge in [-0.2, -0.15) is 0 Å². The van der Waals surface area contributed by atoms with Gasteiger partial charge in [0.05, 0.1) is 11.9 Å².